The molecule has 1 fully saturated rings. The Labute approximate surface area is 133 Å². The van der Waals surface area contributed by atoms with Crippen molar-refractivity contribution in [3.8, 4) is 0 Å². The zero-order chi connectivity index (χ0) is 16.2. The minimum atomic E-state index is -0.385. The molecule has 2 aromatic heterocycles. The van der Waals surface area contributed by atoms with Crippen LogP contribution in [0.5, 0.6) is 0 Å². The molecule has 3 rings (SSSR count). The van der Waals surface area contributed by atoms with E-state index < -0.39 is 0 Å². The lowest BCUT2D eigenvalue weighted by Crippen LogP contribution is -2.49. The zero-order valence-corrected chi connectivity index (χ0v) is 13.1. The Morgan fingerprint density at radius 1 is 1.48 bits per heavy atom. The molecule has 2 aromatic rings. The molecule has 1 aliphatic heterocycles. The molecule has 0 aromatic carbocycles. The van der Waals surface area contributed by atoms with Gasteiger partial charge in [-0.2, -0.15) is 4.68 Å². The fourth-order valence-electron chi connectivity index (χ4n) is 2.89. The van der Waals surface area contributed by atoms with Crippen molar-refractivity contribution in [2.45, 2.75) is 32.5 Å². The highest BCUT2D eigenvalue weighted by molar-refractivity contribution is 5.67. The number of aromatic nitrogens is 3. The van der Waals surface area contributed by atoms with Crippen molar-refractivity contribution >= 4 is 11.7 Å². The van der Waals surface area contributed by atoms with Gasteiger partial charge in [0.2, 0.25) is 0 Å². The predicted molar refractivity (Wildman–Crippen MR) is 84.2 cm³/mol. The Morgan fingerprint density at radius 2 is 2.35 bits per heavy atom. The monoisotopic (exact) mass is 319 g/mol. The molecule has 8 heteroatoms. The lowest BCUT2D eigenvalue weighted by atomic mass is 10.1. The van der Waals surface area contributed by atoms with E-state index in [9.17, 15) is 9.59 Å². The second-order valence-electron chi connectivity index (χ2n) is 5.63. The summed E-state index contributed by atoms with van der Waals surface area (Å²) < 4.78 is 7.90. The van der Waals surface area contributed by atoms with E-state index in [1.807, 2.05) is 6.07 Å². The van der Waals surface area contributed by atoms with Crippen molar-refractivity contribution in [3.05, 3.63) is 34.9 Å². The van der Waals surface area contributed by atoms with Gasteiger partial charge in [-0.15, -0.1) is 5.10 Å². The molecule has 1 amide bonds. The fraction of sp³-hybridized carbons (Fsp3) is 0.533. The fourth-order valence-corrected chi connectivity index (χ4v) is 2.89. The molecule has 124 valence electrons. The van der Waals surface area contributed by atoms with Crippen molar-refractivity contribution in [1.29, 1.82) is 0 Å². The number of piperidine rings is 1. The molecule has 1 aliphatic rings. The van der Waals surface area contributed by atoms with Crippen LogP contribution in [0, 0.1) is 0 Å². The highest BCUT2D eigenvalue weighted by Crippen LogP contribution is 2.11. The smallest absolute Gasteiger partial charge is 0.407 e. The third kappa shape index (κ3) is 3.53. The number of amides is 1. The first-order valence-corrected chi connectivity index (χ1v) is 7.87. The highest BCUT2D eigenvalue weighted by atomic mass is 16.5. The molecular weight excluding hydrogens is 298 g/mol. The topological polar surface area (TPSA) is 80.9 Å². The number of pyridine rings is 1. The number of hydrogen-bond donors (Lipinski definition) is 1. The van der Waals surface area contributed by atoms with Crippen LogP contribution in [-0.2, 0) is 11.4 Å². The van der Waals surface area contributed by atoms with E-state index in [2.05, 4.69) is 15.3 Å². The first-order chi connectivity index (χ1) is 11.2. The van der Waals surface area contributed by atoms with Crippen molar-refractivity contribution in [2.75, 3.05) is 19.7 Å². The Balaban J connectivity index is 1.66. The van der Waals surface area contributed by atoms with Crippen LogP contribution in [0.4, 0.5) is 4.79 Å². The molecule has 0 aliphatic carbocycles. The summed E-state index contributed by atoms with van der Waals surface area (Å²) in [6.07, 6.45) is 3.20. The van der Waals surface area contributed by atoms with Crippen LogP contribution in [-0.4, -0.2) is 50.9 Å². The molecule has 0 radical (unpaired) electrons. The maximum absolute atomic E-state index is 12.3. The maximum atomic E-state index is 12.3. The van der Waals surface area contributed by atoms with Crippen LogP contribution in [0.15, 0.2) is 29.2 Å². The zero-order valence-electron chi connectivity index (χ0n) is 13.1. The van der Waals surface area contributed by atoms with Crippen LogP contribution in [0.3, 0.4) is 0 Å². The van der Waals surface area contributed by atoms with Gasteiger partial charge in [0.1, 0.15) is 0 Å². The summed E-state index contributed by atoms with van der Waals surface area (Å²) in [5.74, 6) is 0. The summed E-state index contributed by atoms with van der Waals surface area (Å²) in [5, 5.41) is 7.20. The molecule has 1 N–H and O–H groups in total. The summed E-state index contributed by atoms with van der Waals surface area (Å²) in [6, 6.07) is 5.50. The molecular formula is C15H21N5O3. The Bertz CT molecular complexity index is 738. The molecule has 8 nitrogen and oxygen atoms in total. The summed E-state index contributed by atoms with van der Waals surface area (Å²) in [7, 11) is 0. The summed E-state index contributed by atoms with van der Waals surface area (Å²) in [4.78, 5) is 25.9. The van der Waals surface area contributed by atoms with E-state index in [1.54, 1.807) is 25.3 Å². The summed E-state index contributed by atoms with van der Waals surface area (Å²) in [6.45, 7) is 4.11. The average molecular weight is 319 g/mol. The number of alkyl carbamates (subject to hydrolysis) is 1. The summed E-state index contributed by atoms with van der Waals surface area (Å²) >= 11 is 0. The number of nitrogens with zero attached hydrogens (tertiary/aromatic N) is 4. The first kappa shape index (κ1) is 15.5. The van der Waals surface area contributed by atoms with E-state index in [4.69, 9.17) is 4.74 Å². The number of ether oxygens (including phenoxy) is 1. The number of hydrogen-bond acceptors (Lipinski definition) is 5. The van der Waals surface area contributed by atoms with Gasteiger partial charge < -0.3 is 10.1 Å². The van der Waals surface area contributed by atoms with E-state index in [0.29, 0.717) is 25.5 Å². The van der Waals surface area contributed by atoms with E-state index in [0.717, 1.165) is 19.4 Å². The van der Waals surface area contributed by atoms with Gasteiger partial charge in [-0.3, -0.25) is 9.30 Å². The standard InChI is InChI=1S/C15H21N5O3/c1-2-23-14(21)16-12-6-5-8-18(10-12)11-20-15(22)19-9-4-3-7-13(19)17-20/h3-4,7,9,12H,2,5-6,8,10-11H2,1H3,(H,16,21)/t12-/m1/s1. The number of fused-ring (bicyclic) bond motifs is 1. The number of carbonyl (C=O) groups is 1. The van der Waals surface area contributed by atoms with E-state index in [-0.39, 0.29) is 17.8 Å². The first-order valence-electron chi connectivity index (χ1n) is 7.87. The quantitative estimate of drug-likeness (QED) is 0.895. The predicted octanol–water partition coefficient (Wildman–Crippen LogP) is 0.664. The van der Waals surface area contributed by atoms with Crippen molar-refractivity contribution < 1.29 is 9.53 Å². The van der Waals surface area contributed by atoms with Gasteiger partial charge in [0.05, 0.1) is 13.3 Å². The van der Waals surface area contributed by atoms with Crippen LogP contribution >= 0.6 is 0 Å². The molecule has 1 saturated heterocycles. The van der Waals surface area contributed by atoms with Gasteiger partial charge in [0, 0.05) is 25.3 Å². The number of nitrogens with one attached hydrogen (secondary N) is 1. The molecule has 1 atom stereocenters. The molecule has 0 spiro atoms. The molecule has 0 unspecified atom stereocenters. The van der Waals surface area contributed by atoms with Gasteiger partial charge in [-0.05, 0) is 31.9 Å². The molecule has 0 saturated carbocycles. The maximum Gasteiger partial charge on any atom is 0.407 e. The van der Waals surface area contributed by atoms with Crippen molar-refractivity contribution in [3.63, 3.8) is 0 Å². The highest BCUT2D eigenvalue weighted by Gasteiger charge is 2.22. The molecule has 3 heterocycles. The number of rotatable bonds is 4. The van der Waals surface area contributed by atoms with Crippen LogP contribution in [0.1, 0.15) is 19.8 Å². The summed E-state index contributed by atoms with van der Waals surface area (Å²) in [5.41, 5.74) is 0.483. The number of likely N-dealkylation sites (tertiary alicyclic amines) is 1. The third-order valence-electron chi connectivity index (χ3n) is 3.93. The van der Waals surface area contributed by atoms with E-state index >= 15 is 0 Å². The van der Waals surface area contributed by atoms with Gasteiger partial charge in [0.15, 0.2) is 5.65 Å². The second kappa shape index (κ2) is 6.82. The lowest BCUT2D eigenvalue weighted by molar-refractivity contribution is 0.120. The third-order valence-corrected chi connectivity index (χ3v) is 3.93. The van der Waals surface area contributed by atoms with Gasteiger partial charge in [0.25, 0.3) is 0 Å². The second-order valence-corrected chi connectivity index (χ2v) is 5.63. The van der Waals surface area contributed by atoms with Gasteiger partial charge in [-0.1, -0.05) is 6.07 Å². The lowest BCUT2D eigenvalue weighted by Gasteiger charge is -2.32. The van der Waals surface area contributed by atoms with Crippen LogP contribution < -0.4 is 11.0 Å². The van der Waals surface area contributed by atoms with E-state index in [1.165, 1.54) is 9.08 Å². The molecule has 0 bridgehead atoms. The average Bonchev–Trinajstić information content (AvgIpc) is 2.84. The van der Waals surface area contributed by atoms with Gasteiger partial charge >= 0.3 is 11.8 Å². The largest absolute Gasteiger partial charge is 0.450 e. The normalized spacial score (nSPS) is 18.9. The number of carbonyl (C=O) groups excluding carboxylic acids is 1. The van der Waals surface area contributed by atoms with Crippen LogP contribution in [0.2, 0.25) is 0 Å². The van der Waals surface area contributed by atoms with Crippen molar-refractivity contribution in [2.24, 2.45) is 0 Å². The Hall–Kier alpha value is -2.35. The minimum Gasteiger partial charge on any atom is -0.450 e. The van der Waals surface area contributed by atoms with Gasteiger partial charge in [-0.25, -0.2) is 9.59 Å². The SMILES string of the molecule is CCOC(=O)N[C@@H]1CCCN(Cn2nc3ccccn3c2=O)C1. The Morgan fingerprint density at radius 3 is 3.13 bits per heavy atom. The molecule has 23 heavy (non-hydrogen) atoms. The Kier molecular flexibility index (Phi) is 4.61. The van der Waals surface area contributed by atoms with Crippen LogP contribution in [0.25, 0.3) is 5.65 Å². The minimum absolute atomic E-state index is 0.0375. The van der Waals surface area contributed by atoms with Crippen molar-refractivity contribution in [1.82, 2.24) is 24.4 Å².